The van der Waals surface area contributed by atoms with E-state index in [0.717, 1.165) is 16.8 Å². The van der Waals surface area contributed by atoms with Gasteiger partial charge >= 0.3 is 0 Å². The van der Waals surface area contributed by atoms with Gasteiger partial charge in [-0.1, -0.05) is 12.1 Å². The van der Waals surface area contributed by atoms with Crippen LogP contribution in [0.25, 0.3) is 11.3 Å². The summed E-state index contributed by atoms with van der Waals surface area (Å²) in [7, 11) is -3.45. The van der Waals surface area contributed by atoms with Gasteiger partial charge in [-0.15, -0.1) is 11.3 Å². The average Bonchev–Trinajstić information content (AvgIpc) is 3.10. The molecular formula is C15H13N3O2S2. The standard InChI is InChI=1S/C15H13N3O2S2/c19-22(20,15-4-2-8-21-15)18-10-12-5-6-14(17-9-12)13-3-1-7-16-11-13/h1-9,11,18H,10H2. The lowest BCUT2D eigenvalue weighted by molar-refractivity contribution is 0.583. The smallest absolute Gasteiger partial charge is 0.250 e. The van der Waals surface area contributed by atoms with Crippen molar-refractivity contribution in [1.29, 1.82) is 0 Å². The number of hydrogen-bond donors (Lipinski definition) is 1. The summed E-state index contributed by atoms with van der Waals surface area (Å²) < 4.78 is 26.9. The number of thiophene rings is 1. The van der Waals surface area contributed by atoms with E-state index in [-0.39, 0.29) is 6.54 Å². The van der Waals surface area contributed by atoms with Crippen LogP contribution in [0.4, 0.5) is 0 Å². The molecule has 3 heterocycles. The highest BCUT2D eigenvalue weighted by atomic mass is 32.2. The lowest BCUT2D eigenvalue weighted by Gasteiger charge is -2.06. The van der Waals surface area contributed by atoms with E-state index in [1.54, 1.807) is 36.1 Å². The van der Waals surface area contributed by atoms with Gasteiger partial charge in [-0.2, -0.15) is 0 Å². The Kier molecular flexibility index (Phi) is 4.28. The monoisotopic (exact) mass is 331 g/mol. The zero-order valence-corrected chi connectivity index (χ0v) is 13.1. The van der Waals surface area contributed by atoms with Crippen molar-refractivity contribution in [2.45, 2.75) is 10.8 Å². The minimum Gasteiger partial charge on any atom is -0.264 e. The molecule has 22 heavy (non-hydrogen) atoms. The second-order valence-corrected chi connectivity index (χ2v) is 7.49. The first-order valence-corrected chi connectivity index (χ1v) is 8.90. The summed E-state index contributed by atoms with van der Waals surface area (Å²) in [6.07, 6.45) is 5.11. The predicted octanol–water partition coefficient (Wildman–Crippen LogP) is 2.68. The quantitative estimate of drug-likeness (QED) is 0.780. The Bertz CT molecular complexity index is 830. The molecule has 3 aromatic rings. The van der Waals surface area contributed by atoms with Gasteiger partial charge in [-0.25, -0.2) is 13.1 Å². The van der Waals surface area contributed by atoms with Gasteiger partial charge in [-0.3, -0.25) is 9.97 Å². The molecule has 1 N–H and O–H groups in total. The maximum absolute atomic E-state index is 12.0. The normalized spacial score (nSPS) is 11.5. The van der Waals surface area contributed by atoms with Crippen LogP contribution in [0, 0.1) is 0 Å². The Balaban J connectivity index is 1.70. The highest BCUT2D eigenvalue weighted by Gasteiger charge is 2.14. The summed E-state index contributed by atoms with van der Waals surface area (Å²) in [5.41, 5.74) is 2.53. The molecule has 5 nitrogen and oxygen atoms in total. The van der Waals surface area contributed by atoms with Crippen LogP contribution < -0.4 is 4.72 Å². The van der Waals surface area contributed by atoms with E-state index in [9.17, 15) is 8.42 Å². The lowest BCUT2D eigenvalue weighted by atomic mass is 10.1. The van der Waals surface area contributed by atoms with Crippen LogP contribution in [0.2, 0.25) is 0 Å². The molecule has 0 saturated heterocycles. The van der Waals surface area contributed by atoms with Crippen LogP contribution in [0.1, 0.15) is 5.56 Å². The van der Waals surface area contributed by atoms with E-state index < -0.39 is 10.0 Å². The van der Waals surface area contributed by atoms with Crippen molar-refractivity contribution < 1.29 is 8.42 Å². The van der Waals surface area contributed by atoms with Gasteiger partial charge in [0.1, 0.15) is 4.21 Å². The van der Waals surface area contributed by atoms with E-state index in [1.165, 1.54) is 11.3 Å². The van der Waals surface area contributed by atoms with Gasteiger partial charge in [0.2, 0.25) is 10.0 Å². The van der Waals surface area contributed by atoms with Gasteiger partial charge in [0.15, 0.2) is 0 Å². The molecule has 0 atom stereocenters. The zero-order valence-electron chi connectivity index (χ0n) is 11.5. The summed E-state index contributed by atoms with van der Waals surface area (Å²) >= 11 is 1.19. The summed E-state index contributed by atoms with van der Waals surface area (Å²) in [5.74, 6) is 0. The van der Waals surface area contributed by atoms with Gasteiger partial charge in [0.05, 0.1) is 5.69 Å². The zero-order chi connectivity index (χ0) is 15.4. The Morgan fingerprint density at radius 3 is 2.64 bits per heavy atom. The molecule has 0 fully saturated rings. The molecule has 0 unspecified atom stereocenters. The van der Waals surface area contributed by atoms with Crippen molar-refractivity contribution in [3.8, 4) is 11.3 Å². The fourth-order valence-corrected chi connectivity index (χ4v) is 3.94. The van der Waals surface area contributed by atoms with Crippen LogP contribution in [-0.4, -0.2) is 18.4 Å². The molecule has 0 aliphatic heterocycles. The van der Waals surface area contributed by atoms with Crippen LogP contribution >= 0.6 is 11.3 Å². The lowest BCUT2D eigenvalue weighted by Crippen LogP contribution is -2.22. The van der Waals surface area contributed by atoms with Crippen molar-refractivity contribution in [2.75, 3.05) is 0 Å². The Labute approximate surface area is 132 Å². The first-order chi connectivity index (χ1) is 10.6. The number of pyridine rings is 2. The number of nitrogens with one attached hydrogen (secondary N) is 1. The molecule has 7 heteroatoms. The molecule has 0 aliphatic rings. The average molecular weight is 331 g/mol. The van der Waals surface area contributed by atoms with Gasteiger partial charge in [-0.05, 0) is 35.2 Å². The summed E-state index contributed by atoms with van der Waals surface area (Å²) in [5, 5.41) is 1.73. The van der Waals surface area contributed by atoms with Crippen molar-refractivity contribution in [3.05, 3.63) is 65.9 Å². The third-order valence-electron chi connectivity index (χ3n) is 3.01. The molecule has 112 valence electrons. The molecule has 3 aromatic heterocycles. The number of rotatable bonds is 5. The van der Waals surface area contributed by atoms with E-state index in [2.05, 4.69) is 14.7 Å². The van der Waals surface area contributed by atoms with Crippen molar-refractivity contribution >= 4 is 21.4 Å². The summed E-state index contributed by atoms with van der Waals surface area (Å²) in [4.78, 5) is 8.39. The van der Waals surface area contributed by atoms with Crippen LogP contribution in [0.15, 0.2) is 64.6 Å². The Morgan fingerprint density at radius 2 is 2.00 bits per heavy atom. The first kappa shape index (κ1) is 14.8. The van der Waals surface area contributed by atoms with Crippen molar-refractivity contribution in [1.82, 2.24) is 14.7 Å². The molecule has 0 bridgehead atoms. The number of sulfonamides is 1. The molecular weight excluding hydrogens is 318 g/mol. The number of aromatic nitrogens is 2. The Hall–Kier alpha value is -2.09. The topological polar surface area (TPSA) is 72.0 Å². The minimum absolute atomic E-state index is 0.209. The van der Waals surface area contributed by atoms with Crippen molar-refractivity contribution in [3.63, 3.8) is 0 Å². The largest absolute Gasteiger partial charge is 0.264 e. The fourth-order valence-electron chi connectivity index (χ4n) is 1.88. The fraction of sp³-hybridized carbons (Fsp3) is 0.0667. The van der Waals surface area contributed by atoms with E-state index in [0.29, 0.717) is 4.21 Å². The SMILES string of the molecule is O=S(=O)(NCc1ccc(-c2cccnc2)nc1)c1cccs1. The molecule has 0 saturated carbocycles. The third kappa shape index (κ3) is 3.38. The van der Waals surface area contributed by atoms with Crippen LogP contribution in [-0.2, 0) is 16.6 Å². The van der Waals surface area contributed by atoms with E-state index >= 15 is 0 Å². The molecule has 0 radical (unpaired) electrons. The summed E-state index contributed by atoms with van der Waals surface area (Å²) in [6, 6.07) is 10.8. The maximum Gasteiger partial charge on any atom is 0.250 e. The van der Waals surface area contributed by atoms with Gasteiger partial charge < -0.3 is 0 Å². The van der Waals surface area contributed by atoms with Crippen LogP contribution in [0.3, 0.4) is 0 Å². The Morgan fingerprint density at radius 1 is 1.09 bits per heavy atom. The number of hydrogen-bond acceptors (Lipinski definition) is 5. The molecule has 0 spiro atoms. The highest BCUT2D eigenvalue weighted by Crippen LogP contribution is 2.17. The van der Waals surface area contributed by atoms with Gasteiger partial charge in [0.25, 0.3) is 0 Å². The summed E-state index contributed by atoms with van der Waals surface area (Å²) in [6.45, 7) is 0.209. The van der Waals surface area contributed by atoms with E-state index in [4.69, 9.17) is 0 Å². The van der Waals surface area contributed by atoms with Crippen molar-refractivity contribution in [2.24, 2.45) is 0 Å². The third-order valence-corrected chi connectivity index (χ3v) is 5.81. The first-order valence-electron chi connectivity index (χ1n) is 6.54. The number of nitrogens with zero attached hydrogens (tertiary/aromatic N) is 2. The highest BCUT2D eigenvalue weighted by molar-refractivity contribution is 7.91. The molecule has 0 aliphatic carbocycles. The molecule has 0 aromatic carbocycles. The van der Waals surface area contributed by atoms with Crippen LogP contribution in [0.5, 0.6) is 0 Å². The van der Waals surface area contributed by atoms with Gasteiger partial charge in [0, 0.05) is 30.7 Å². The second kappa shape index (κ2) is 6.35. The molecule has 0 amide bonds. The molecule has 3 rings (SSSR count). The second-order valence-electron chi connectivity index (χ2n) is 4.55. The minimum atomic E-state index is -3.45. The predicted molar refractivity (Wildman–Crippen MR) is 85.8 cm³/mol. The maximum atomic E-state index is 12.0. The van der Waals surface area contributed by atoms with E-state index in [1.807, 2.05) is 24.3 Å².